The maximum Gasteiger partial charge on any atom is 0.349 e. The molecule has 0 bridgehead atoms. The van der Waals surface area contributed by atoms with Crippen molar-refractivity contribution in [3.63, 3.8) is 0 Å². The van der Waals surface area contributed by atoms with Gasteiger partial charge in [0.15, 0.2) is 5.60 Å². The van der Waals surface area contributed by atoms with E-state index in [2.05, 4.69) is 0 Å². The molecule has 0 aliphatic carbocycles. The van der Waals surface area contributed by atoms with Crippen molar-refractivity contribution in [2.24, 2.45) is 0 Å². The topological polar surface area (TPSA) is 93.8 Å². The number of aryl methyl sites for hydroxylation is 2. The molecule has 0 N–H and O–H groups in total. The summed E-state index contributed by atoms with van der Waals surface area (Å²) in [5, 5.41) is 4.74. The van der Waals surface area contributed by atoms with Crippen LogP contribution in [0.25, 0.3) is 0 Å². The molecule has 0 fully saturated rings. The zero-order chi connectivity index (χ0) is 29.4. The summed E-state index contributed by atoms with van der Waals surface area (Å²) in [5.41, 5.74) is 1.81. The molecular weight excluding hydrogens is 522 g/mol. The van der Waals surface area contributed by atoms with E-state index in [-0.39, 0.29) is 5.69 Å². The Morgan fingerprint density at radius 3 is 2.10 bits per heavy atom. The first kappa shape index (κ1) is 29.5. The number of carbonyl (C=O) groups is 1. The average molecular weight is 560 g/mol. The number of aromatic nitrogens is 3. The zero-order valence-electron chi connectivity index (χ0n) is 24.3. The normalized spacial score (nSPS) is 11.2. The Balaban J connectivity index is 1.49. The molecule has 4 rings (SSSR count). The van der Waals surface area contributed by atoms with Gasteiger partial charge in [-0.1, -0.05) is 36.4 Å². The lowest BCUT2D eigenvalue weighted by atomic mass is 10.1. The van der Waals surface area contributed by atoms with E-state index in [1.165, 1.54) is 11.8 Å². The minimum absolute atomic E-state index is 0.159. The molecule has 0 radical (unpaired) electrons. The first-order valence-corrected chi connectivity index (χ1v) is 13.5. The van der Waals surface area contributed by atoms with Gasteiger partial charge in [0, 0.05) is 6.42 Å². The molecule has 0 unspecified atom stereocenters. The van der Waals surface area contributed by atoms with Crippen molar-refractivity contribution in [1.82, 2.24) is 14.3 Å². The molecule has 0 aliphatic rings. The Morgan fingerprint density at radius 2 is 1.44 bits per heavy atom. The van der Waals surface area contributed by atoms with Crippen LogP contribution in [0.1, 0.15) is 42.8 Å². The van der Waals surface area contributed by atoms with Gasteiger partial charge in [0.1, 0.15) is 23.1 Å². The molecule has 0 spiro atoms. The fourth-order valence-electron chi connectivity index (χ4n) is 4.55. The van der Waals surface area contributed by atoms with Crippen molar-refractivity contribution in [1.29, 1.82) is 0 Å². The molecule has 0 saturated heterocycles. The fraction of sp³-hybridized carbons (Fsp3) is 0.344. The van der Waals surface area contributed by atoms with Gasteiger partial charge in [-0.2, -0.15) is 5.10 Å². The summed E-state index contributed by atoms with van der Waals surface area (Å²) >= 11 is 0. The minimum atomic E-state index is -1.08. The molecule has 216 valence electrons. The highest BCUT2D eigenvalue weighted by atomic mass is 16.6. The number of hydrogen-bond donors (Lipinski definition) is 0. The zero-order valence-corrected chi connectivity index (χ0v) is 24.3. The molecule has 9 heteroatoms. The van der Waals surface area contributed by atoms with E-state index in [1.807, 2.05) is 72.8 Å². The summed E-state index contributed by atoms with van der Waals surface area (Å²) in [6, 6.07) is 23.0. The molecule has 0 aliphatic heterocycles. The fourth-order valence-corrected chi connectivity index (χ4v) is 4.55. The quantitative estimate of drug-likeness (QED) is 0.220. The Bertz CT molecular complexity index is 1500. The summed E-state index contributed by atoms with van der Waals surface area (Å²) < 4.78 is 24.5. The molecule has 0 atom stereocenters. The average Bonchev–Trinajstić information content (AvgIpc) is 3.26. The predicted octanol–water partition coefficient (Wildman–Crippen LogP) is 4.66. The van der Waals surface area contributed by atoms with Gasteiger partial charge >= 0.3 is 11.7 Å². The van der Waals surface area contributed by atoms with Gasteiger partial charge < -0.3 is 18.9 Å². The minimum Gasteiger partial charge on any atom is -0.497 e. The molecule has 0 saturated carbocycles. The van der Waals surface area contributed by atoms with Crippen molar-refractivity contribution in [3.05, 3.63) is 106 Å². The standard InChI is InChI=1S/C32H37N3O6/c1-32(2,30(36)40-5)41-27-18-12-23(13-19-27)8-7-11-29-33-35(22-25-9-6-10-28(20-25)39-4)31(37)34(29)21-24-14-16-26(38-3)17-15-24/h6,9-10,12-20H,7-8,11,21-22H2,1-5H3. The lowest BCUT2D eigenvalue weighted by molar-refractivity contribution is -0.156. The maximum atomic E-state index is 13.5. The summed E-state index contributed by atoms with van der Waals surface area (Å²) in [5.74, 6) is 2.38. The largest absolute Gasteiger partial charge is 0.497 e. The monoisotopic (exact) mass is 559 g/mol. The van der Waals surface area contributed by atoms with Crippen LogP contribution in [0.15, 0.2) is 77.6 Å². The summed E-state index contributed by atoms with van der Waals surface area (Å²) in [7, 11) is 4.59. The van der Waals surface area contributed by atoms with Crippen molar-refractivity contribution >= 4 is 5.97 Å². The van der Waals surface area contributed by atoms with Crippen LogP contribution >= 0.6 is 0 Å². The first-order valence-electron chi connectivity index (χ1n) is 13.5. The Hall–Kier alpha value is -4.53. The van der Waals surface area contributed by atoms with Gasteiger partial charge in [-0.25, -0.2) is 14.3 Å². The molecule has 3 aromatic carbocycles. The molecule has 4 aromatic rings. The van der Waals surface area contributed by atoms with Crippen molar-refractivity contribution in [3.8, 4) is 17.2 Å². The lowest BCUT2D eigenvalue weighted by Gasteiger charge is -2.23. The van der Waals surface area contributed by atoms with E-state index in [0.29, 0.717) is 25.3 Å². The van der Waals surface area contributed by atoms with Crippen LogP contribution < -0.4 is 19.9 Å². The van der Waals surface area contributed by atoms with E-state index in [1.54, 1.807) is 32.6 Å². The number of benzene rings is 3. The Labute approximate surface area is 240 Å². The number of carbonyl (C=O) groups excluding carboxylic acids is 1. The summed E-state index contributed by atoms with van der Waals surface area (Å²) in [6.07, 6.45) is 2.22. The smallest absolute Gasteiger partial charge is 0.349 e. The Morgan fingerprint density at radius 1 is 0.780 bits per heavy atom. The van der Waals surface area contributed by atoms with Gasteiger partial charge in [0.25, 0.3) is 0 Å². The van der Waals surface area contributed by atoms with Crippen LogP contribution in [-0.2, 0) is 35.5 Å². The highest BCUT2D eigenvalue weighted by molar-refractivity contribution is 5.78. The van der Waals surface area contributed by atoms with Gasteiger partial charge in [0.05, 0.1) is 34.4 Å². The van der Waals surface area contributed by atoms with Gasteiger partial charge in [-0.15, -0.1) is 0 Å². The van der Waals surface area contributed by atoms with Gasteiger partial charge in [-0.3, -0.25) is 4.57 Å². The van der Waals surface area contributed by atoms with Crippen LogP contribution in [-0.4, -0.2) is 47.2 Å². The third-order valence-corrected chi connectivity index (χ3v) is 6.80. The third kappa shape index (κ3) is 7.57. The number of nitrogens with zero attached hydrogens (tertiary/aromatic N) is 3. The summed E-state index contributed by atoms with van der Waals surface area (Å²) in [4.78, 5) is 25.4. The highest BCUT2D eigenvalue weighted by Crippen LogP contribution is 2.21. The van der Waals surface area contributed by atoms with Crippen LogP contribution in [0, 0.1) is 0 Å². The molecule has 41 heavy (non-hydrogen) atoms. The second-order valence-corrected chi connectivity index (χ2v) is 10.2. The van der Waals surface area contributed by atoms with Crippen LogP contribution in [0.3, 0.4) is 0 Å². The lowest BCUT2D eigenvalue weighted by Crippen LogP contribution is -2.39. The Kier molecular flexibility index (Phi) is 9.49. The second kappa shape index (κ2) is 13.2. The molecule has 1 aromatic heterocycles. The van der Waals surface area contributed by atoms with Crippen molar-refractivity contribution in [2.75, 3.05) is 21.3 Å². The number of hydrogen-bond acceptors (Lipinski definition) is 7. The van der Waals surface area contributed by atoms with Crippen molar-refractivity contribution < 1.29 is 23.7 Å². The van der Waals surface area contributed by atoms with Gasteiger partial charge in [-0.05, 0) is 79.8 Å². The number of esters is 1. The maximum absolute atomic E-state index is 13.5. The summed E-state index contributed by atoms with van der Waals surface area (Å²) in [6.45, 7) is 4.11. The van der Waals surface area contributed by atoms with E-state index in [9.17, 15) is 9.59 Å². The SMILES string of the molecule is COC(=O)C(C)(C)Oc1ccc(CCCc2nn(Cc3cccc(OC)c3)c(=O)n2Cc2ccc(OC)cc2)cc1. The van der Waals surface area contributed by atoms with Crippen molar-refractivity contribution in [2.45, 2.75) is 51.8 Å². The highest BCUT2D eigenvalue weighted by Gasteiger charge is 2.31. The molecule has 0 amide bonds. The van der Waals surface area contributed by atoms with E-state index in [0.717, 1.165) is 46.9 Å². The molecule has 1 heterocycles. The third-order valence-electron chi connectivity index (χ3n) is 6.80. The molecule has 9 nitrogen and oxygen atoms in total. The van der Waals surface area contributed by atoms with E-state index in [4.69, 9.17) is 24.0 Å². The number of rotatable bonds is 13. The van der Waals surface area contributed by atoms with Crippen LogP contribution in [0.4, 0.5) is 0 Å². The number of methoxy groups -OCH3 is 3. The first-order chi connectivity index (χ1) is 19.7. The van der Waals surface area contributed by atoms with Gasteiger partial charge in [0.2, 0.25) is 0 Å². The predicted molar refractivity (Wildman–Crippen MR) is 156 cm³/mol. The van der Waals surface area contributed by atoms with Crippen LogP contribution in [0.2, 0.25) is 0 Å². The second-order valence-electron chi connectivity index (χ2n) is 10.2. The van der Waals surface area contributed by atoms with Crippen LogP contribution in [0.5, 0.6) is 17.2 Å². The molecular formula is C32H37N3O6. The number of ether oxygens (including phenoxy) is 4. The van der Waals surface area contributed by atoms with E-state index >= 15 is 0 Å². The van der Waals surface area contributed by atoms with E-state index < -0.39 is 11.6 Å².